The van der Waals surface area contributed by atoms with Crippen LogP contribution in [0.25, 0.3) is 0 Å². The minimum Gasteiger partial charge on any atom is -0.550 e. The summed E-state index contributed by atoms with van der Waals surface area (Å²) in [4.78, 5) is 20.4. The molecule has 0 aliphatic rings. The van der Waals surface area contributed by atoms with E-state index in [4.69, 9.17) is 0 Å². The van der Waals surface area contributed by atoms with E-state index in [0.717, 1.165) is 64.2 Å². The van der Waals surface area contributed by atoms with Gasteiger partial charge in [-0.3, -0.25) is 0 Å². The van der Waals surface area contributed by atoms with Crippen LogP contribution >= 0.6 is 0 Å². The molecule has 0 aromatic rings. The summed E-state index contributed by atoms with van der Waals surface area (Å²) < 4.78 is 0. The zero-order valence-electron chi connectivity index (χ0n) is 26.6. The molecule has 0 aliphatic heterocycles. The third kappa shape index (κ3) is 48.5. The van der Waals surface area contributed by atoms with Crippen molar-refractivity contribution in [3.8, 4) is 0 Å². The van der Waals surface area contributed by atoms with Gasteiger partial charge < -0.3 is 19.8 Å². The summed E-state index contributed by atoms with van der Waals surface area (Å²) in [5.41, 5.74) is 0. The Labute approximate surface area is 264 Å². The maximum Gasteiger partial charge on any atom is 2.00 e. The van der Waals surface area contributed by atoms with Gasteiger partial charge in [0.25, 0.3) is 0 Å². The van der Waals surface area contributed by atoms with Gasteiger partial charge in [0.05, 0.1) is 0 Å². The van der Waals surface area contributed by atoms with Gasteiger partial charge in [0.2, 0.25) is 0 Å². The average molecular weight is 615 g/mol. The summed E-state index contributed by atoms with van der Waals surface area (Å²) in [5.74, 6) is -1.84. The summed E-state index contributed by atoms with van der Waals surface area (Å²) in [7, 11) is 0. The smallest absolute Gasteiger partial charge is 0.550 e. The average Bonchev–Trinajstić information content (AvgIpc) is 2.93. The van der Waals surface area contributed by atoms with Crippen molar-refractivity contribution in [3.63, 3.8) is 0 Å². The molecule has 0 saturated heterocycles. The van der Waals surface area contributed by atoms with Crippen LogP contribution < -0.4 is 10.2 Å². The van der Waals surface area contributed by atoms with Gasteiger partial charge in [-0.25, -0.2) is 0 Å². The van der Waals surface area contributed by atoms with Crippen LogP contribution in [0.2, 0.25) is 0 Å². The van der Waals surface area contributed by atoms with Gasteiger partial charge in [-0.1, -0.05) is 127 Å². The molecule has 0 fully saturated rings. The van der Waals surface area contributed by atoms with E-state index in [9.17, 15) is 19.8 Å². The number of rotatable bonds is 28. The van der Waals surface area contributed by atoms with E-state index in [1.54, 1.807) is 0 Å². The van der Waals surface area contributed by atoms with Gasteiger partial charge in [-0.2, -0.15) is 0 Å². The van der Waals surface area contributed by atoms with Crippen molar-refractivity contribution in [2.75, 3.05) is 0 Å². The molecule has 238 valence electrons. The minimum atomic E-state index is -0.921. The molecule has 41 heavy (non-hydrogen) atoms. The van der Waals surface area contributed by atoms with Crippen molar-refractivity contribution in [3.05, 3.63) is 48.6 Å². The number of hydrogen-bond donors (Lipinski definition) is 0. The number of carboxylic acid groups (broad SMARTS) is 2. The first-order valence-corrected chi connectivity index (χ1v) is 16.5. The molecule has 0 aromatic carbocycles. The number of carbonyl (C=O) groups excluding carboxylic acids is 2. The number of carboxylic acids is 2. The van der Waals surface area contributed by atoms with Gasteiger partial charge in [0, 0.05) is 11.9 Å². The predicted octanol–water partition coefficient (Wildman–Crippen LogP) is 9.10. The van der Waals surface area contributed by atoms with Crippen LogP contribution in [0, 0.1) is 0 Å². The zero-order valence-corrected chi connectivity index (χ0v) is 27.7. The number of hydrogen-bond acceptors (Lipinski definition) is 4. The SMILES string of the molecule is CCCCCC=CCC=CCCCCCCCC(=O)[O-].CCCCCC=CCC=CCCCCCCCC(=O)[O-].[Fe+2]. The van der Waals surface area contributed by atoms with Crippen molar-refractivity contribution in [1.29, 1.82) is 0 Å². The van der Waals surface area contributed by atoms with Crippen LogP contribution in [-0.2, 0) is 26.7 Å². The van der Waals surface area contributed by atoms with E-state index in [-0.39, 0.29) is 29.9 Å². The molecule has 0 aliphatic carbocycles. The first-order valence-electron chi connectivity index (χ1n) is 16.5. The van der Waals surface area contributed by atoms with E-state index in [2.05, 4.69) is 62.5 Å². The Bertz CT molecular complexity index is 596. The van der Waals surface area contributed by atoms with Gasteiger partial charge in [-0.15, -0.1) is 0 Å². The predicted molar refractivity (Wildman–Crippen MR) is 169 cm³/mol. The number of aliphatic carboxylic acids is 2. The zero-order chi connectivity index (χ0) is 29.8. The number of allylic oxidation sites excluding steroid dienone is 8. The van der Waals surface area contributed by atoms with Crippen molar-refractivity contribution in [1.82, 2.24) is 0 Å². The van der Waals surface area contributed by atoms with Crippen LogP contribution in [0.3, 0.4) is 0 Å². The molecule has 0 saturated carbocycles. The fourth-order valence-corrected chi connectivity index (χ4v) is 4.16. The number of carbonyl (C=O) groups is 2. The van der Waals surface area contributed by atoms with Crippen molar-refractivity contribution < 1.29 is 36.9 Å². The van der Waals surface area contributed by atoms with E-state index in [1.807, 2.05) is 0 Å². The second-order valence-corrected chi connectivity index (χ2v) is 10.7. The van der Waals surface area contributed by atoms with Gasteiger partial charge in [-0.05, 0) is 89.9 Å². The van der Waals surface area contributed by atoms with E-state index in [1.165, 1.54) is 77.0 Å². The Morgan fingerprint density at radius 1 is 0.415 bits per heavy atom. The molecule has 0 bridgehead atoms. The van der Waals surface area contributed by atoms with Crippen molar-refractivity contribution >= 4 is 11.9 Å². The normalized spacial score (nSPS) is 11.4. The number of unbranched alkanes of at least 4 members (excludes halogenated alkanes) is 16. The van der Waals surface area contributed by atoms with Crippen molar-refractivity contribution in [2.24, 2.45) is 0 Å². The molecule has 0 rings (SSSR count). The molecule has 0 aromatic heterocycles. The van der Waals surface area contributed by atoms with E-state index in [0.29, 0.717) is 0 Å². The standard InChI is InChI=1S/2C18H32O2.Fe/c2*1-2-3-4-5-6-7-8-9-10-11-12-13-14-15-16-17-18(19)20;/h2*6-7,9-10H,2-5,8,11-17H2,1H3,(H,19,20);/q;;+2/p-2. The Morgan fingerprint density at radius 2 is 0.683 bits per heavy atom. The van der Waals surface area contributed by atoms with Gasteiger partial charge in [0.1, 0.15) is 0 Å². The third-order valence-electron chi connectivity index (χ3n) is 6.66. The third-order valence-corrected chi connectivity index (χ3v) is 6.66. The van der Waals surface area contributed by atoms with Gasteiger partial charge >= 0.3 is 17.1 Å². The molecule has 0 atom stereocenters. The molecule has 0 amide bonds. The maximum atomic E-state index is 10.2. The summed E-state index contributed by atoms with van der Waals surface area (Å²) in [5, 5.41) is 20.4. The van der Waals surface area contributed by atoms with Crippen molar-refractivity contribution in [2.45, 2.75) is 168 Å². The Hall–Kier alpha value is -1.58. The molecular formula is C36H62FeO4. The fourth-order valence-electron chi connectivity index (χ4n) is 4.16. The summed E-state index contributed by atoms with van der Waals surface area (Å²) in [6.45, 7) is 4.46. The minimum absolute atomic E-state index is 0. The second kappa shape index (κ2) is 40.6. The topological polar surface area (TPSA) is 80.3 Å². The first kappa shape index (κ1) is 43.9. The first-order chi connectivity index (χ1) is 19.5. The van der Waals surface area contributed by atoms with Crippen LogP contribution in [0.5, 0.6) is 0 Å². The van der Waals surface area contributed by atoms with Crippen LogP contribution in [-0.4, -0.2) is 11.9 Å². The molecule has 0 heterocycles. The van der Waals surface area contributed by atoms with E-state index < -0.39 is 11.9 Å². The summed E-state index contributed by atoms with van der Waals surface area (Å²) in [6, 6.07) is 0. The Morgan fingerprint density at radius 3 is 0.976 bits per heavy atom. The van der Waals surface area contributed by atoms with Crippen LogP contribution in [0.15, 0.2) is 48.6 Å². The summed E-state index contributed by atoms with van der Waals surface area (Å²) >= 11 is 0. The van der Waals surface area contributed by atoms with E-state index >= 15 is 0 Å². The molecule has 4 nitrogen and oxygen atoms in total. The largest absolute Gasteiger partial charge is 2.00 e. The second-order valence-electron chi connectivity index (χ2n) is 10.7. The molecule has 0 spiro atoms. The van der Waals surface area contributed by atoms with Crippen LogP contribution in [0.4, 0.5) is 0 Å². The molecule has 0 unspecified atom stereocenters. The summed E-state index contributed by atoms with van der Waals surface area (Å²) in [6.07, 6.45) is 43.9. The Kier molecular flexibility index (Phi) is 43.4. The fraction of sp³-hybridized carbons (Fsp3) is 0.722. The van der Waals surface area contributed by atoms with Gasteiger partial charge in [0.15, 0.2) is 0 Å². The molecule has 0 N–H and O–H groups in total. The molecule has 0 radical (unpaired) electrons. The van der Waals surface area contributed by atoms with Crippen LogP contribution in [0.1, 0.15) is 168 Å². The Balaban J connectivity index is -0.000000688. The molecule has 5 heteroatoms. The monoisotopic (exact) mass is 614 g/mol. The molecular weight excluding hydrogens is 552 g/mol. The maximum absolute atomic E-state index is 10.2. The quantitative estimate of drug-likeness (QED) is 0.0500.